The van der Waals surface area contributed by atoms with Gasteiger partial charge in [-0.2, -0.15) is 0 Å². The Hall–Kier alpha value is -1.45. The largest absolute Gasteiger partial charge is 0.373 e. The molecule has 2 N–H and O–H groups in total. The molecule has 2 aromatic rings. The van der Waals surface area contributed by atoms with Crippen molar-refractivity contribution < 1.29 is 8.95 Å². The van der Waals surface area contributed by atoms with E-state index in [-0.39, 0.29) is 30.1 Å². The fourth-order valence-corrected chi connectivity index (χ4v) is 4.78. The molecule has 1 saturated heterocycles. The van der Waals surface area contributed by atoms with Gasteiger partial charge in [-0.15, -0.1) is 24.0 Å². The predicted octanol–water partition coefficient (Wildman–Crippen LogP) is 4.19. The van der Waals surface area contributed by atoms with Crippen LogP contribution in [0.2, 0.25) is 0 Å². The third-order valence-corrected chi connectivity index (χ3v) is 6.71. The number of rotatable bonds is 8. The first-order valence-electron chi connectivity index (χ1n) is 10.7. The van der Waals surface area contributed by atoms with Gasteiger partial charge < -0.3 is 15.4 Å². The molecule has 0 radical (unpaired) electrons. The number of ether oxygens (including phenoxy) is 1. The van der Waals surface area contributed by atoms with E-state index in [9.17, 15) is 4.21 Å². The summed E-state index contributed by atoms with van der Waals surface area (Å²) in [6.45, 7) is 4.34. The van der Waals surface area contributed by atoms with Crippen LogP contribution < -0.4 is 10.6 Å². The minimum atomic E-state index is -0.896. The summed E-state index contributed by atoms with van der Waals surface area (Å²) in [5.74, 6) is 2.33. The molecule has 170 valence electrons. The molecule has 0 aliphatic carbocycles. The molecule has 0 aromatic heterocycles. The summed E-state index contributed by atoms with van der Waals surface area (Å²) in [6, 6.07) is 18.6. The number of benzene rings is 2. The first-order chi connectivity index (χ1) is 14.7. The number of nitrogens with zero attached hydrogens (tertiary/aromatic N) is 1. The van der Waals surface area contributed by atoms with Crippen molar-refractivity contribution in [2.24, 2.45) is 10.9 Å². The summed E-state index contributed by atoms with van der Waals surface area (Å²) in [5.41, 5.74) is 3.61. The smallest absolute Gasteiger partial charge is 0.191 e. The average molecular weight is 556 g/mol. The molecule has 1 aliphatic rings. The summed E-state index contributed by atoms with van der Waals surface area (Å²) in [6.07, 6.45) is 2.33. The van der Waals surface area contributed by atoms with Gasteiger partial charge in [0.1, 0.15) is 0 Å². The quantitative estimate of drug-likeness (QED) is 0.291. The summed E-state index contributed by atoms with van der Waals surface area (Å²) in [4.78, 5) is 4.32. The second-order valence-corrected chi connectivity index (χ2v) is 9.33. The molecular weight excluding hydrogens is 521 g/mol. The zero-order valence-corrected chi connectivity index (χ0v) is 21.5. The number of guanidine groups is 1. The van der Waals surface area contributed by atoms with Gasteiger partial charge in [0, 0.05) is 55.0 Å². The minimum absolute atomic E-state index is 0. The third kappa shape index (κ3) is 8.54. The molecule has 1 aliphatic heterocycles. The number of nitrogens with one attached hydrogen (secondary N) is 2. The van der Waals surface area contributed by atoms with E-state index in [1.54, 1.807) is 7.05 Å². The topological polar surface area (TPSA) is 62.7 Å². The van der Waals surface area contributed by atoms with Crippen LogP contribution in [0.15, 0.2) is 59.6 Å². The van der Waals surface area contributed by atoms with Crippen molar-refractivity contribution >= 4 is 40.7 Å². The van der Waals surface area contributed by atoms with E-state index in [2.05, 4.69) is 46.8 Å². The van der Waals surface area contributed by atoms with Crippen molar-refractivity contribution in [3.8, 4) is 0 Å². The minimum Gasteiger partial charge on any atom is -0.373 e. The van der Waals surface area contributed by atoms with E-state index in [0.717, 1.165) is 37.5 Å². The SMILES string of the molecule is CN=C(NCCS(=O)Cc1ccccc1)NCC1CCCOC1c1ccc(C)cc1.I. The van der Waals surface area contributed by atoms with E-state index in [0.29, 0.717) is 24.0 Å². The van der Waals surface area contributed by atoms with Gasteiger partial charge in [0.15, 0.2) is 5.96 Å². The third-order valence-electron chi connectivity index (χ3n) is 5.40. The molecule has 0 amide bonds. The van der Waals surface area contributed by atoms with Crippen LogP contribution in [0, 0.1) is 12.8 Å². The highest BCUT2D eigenvalue weighted by molar-refractivity contribution is 14.0. The summed E-state index contributed by atoms with van der Waals surface area (Å²) < 4.78 is 18.4. The molecule has 0 bridgehead atoms. The Bertz CT molecular complexity index is 830. The summed E-state index contributed by atoms with van der Waals surface area (Å²) >= 11 is 0. The number of aliphatic imine (C=N–C) groups is 1. The maximum atomic E-state index is 12.3. The maximum Gasteiger partial charge on any atom is 0.191 e. The summed E-state index contributed by atoms with van der Waals surface area (Å²) in [7, 11) is 0.873. The van der Waals surface area contributed by atoms with Gasteiger partial charge in [-0.25, -0.2) is 0 Å². The van der Waals surface area contributed by atoms with Crippen LogP contribution in [0.1, 0.15) is 35.6 Å². The van der Waals surface area contributed by atoms with Crippen LogP contribution in [0.4, 0.5) is 0 Å². The number of aryl methyl sites for hydroxylation is 1. The van der Waals surface area contributed by atoms with Crippen molar-refractivity contribution in [2.75, 3.05) is 32.5 Å². The Kier molecular flexibility index (Phi) is 11.5. The Morgan fingerprint density at radius 1 is 1.13 bits per heavy atom. The molecule has 3 rings (SSSR count). The number of hydrogen-bond acceptors (Lipinski definition) is 3. The molecule has 2 aromatic carbocycles. The van der Waals surface area contributed by atoms with Crippen molar-refractivity contribution in [1.29, 1.82) is 0 Å². The second-order valence-electron chi connectivity index (χ2n) is 7.76. The zero-order chi connectivity index (χ0) is 21.2. The van der Waals surface area contributed by atoms with E-state index in [4.69, 9.17) is 4.74 Å². The fraction of sp³-hybridized carbons (Fsp3) is 0.458. The van der Waals surface area contributed by atoms with Crippen LogP contribution in [0.25, 0.3) is 0 Å². The fourth-order valence-electron chi connectivity index (χ4n) is 3.74. The summed E-state index contributed by atoms with van der Waals surface area (Å²) in [5, 5.41) is 6.73. The Morgan fingerprint density at radius 2 is 1.87 bits per heavy atom. The molecule has 1 fully saturated rings. The lowest BCUT2D eigenvalue weighted by Crippen LogP contribution is -2.43. The Balaban J connectivity index is 0.00000341. The van der Waals surface area contributed by atoms with Crippen LogP contribution in [0.3, 0.4) is 0 Å². The lowest BCUT2D eigenvalue weighted by molar-refractivity contribution is -0.0265. The first-order valence-corrected chi connectivity index (χ1v) is 12.2. The van der Waals surface area contributed by atoms with Crippen LogP contribution in [-0.2, 0) is 21.3 Å². The maximum absolute atomic E-state index is 12.3. The average Bonchev–Trinajstić information content (AvgIpc) is 2.77. The van der Waals surface area contributed by atoms with E-state index >= 15 is 0 Å². The molecule has 3 unspecified atom stereocenters. The second kappa shape index (κ2) is 13.9. The van der Waals surface area contributed by atoms with Gasteiger partial charge in [-0.3, -0.25) is 9.20 Å². The first kappa shape index (κ1) is 25.8. The molecule has 0 saturated carbocycles. The molecule has 1 heterocycles. The van der Waals surface area contributed by atoms with Crippen LogP contribution in [0.5, 0.6) is 0 Å². The van der Waals surface area contributed by atoms with Crippen molar-refractivity contribution in [1.82, 2.24) is 10.6 Å². The highest BCUT2D eigenvalue weighted by Crippen LogP contribution is 2.33. The Labute approximate surface area is 205 Å². The Morgan fingerprint density at radius 3 is 2.58 bits per heavy atom. The highest BCUT2D eigenvalue weighted by atomic mass is 127. The zero-order valence-electron chi connectivity index (χ0n) is 18.4. The standard InChI is InChI=1S/C24H33N3O2S.HI/c1-19-10-12-21(13-11-19)23-22(9-6-15-29-23)17-27-24(25-2)26-14-16-30(28)18-20-7-4-3-5-8-20;/h3-5,7-8,10-13,22-23H,6,9,14-18H2,1-2H3,(H2,25,26,27);1H. The van der Waals surface area contributed by atoms with Gasteiger partial charge >= 0.3 is 0 Å². The molecule has 7 heteroatoms. The van der Waals surface area contributed by atoms with Crippen molar-refractivity contribution in [3.05, 3.63) is 71.3 Å². The molecule has 31 heavy (non-hydrogen) atoms. The highest BCUT2D eigenvalue weighted by Gasteiger charge is 2.27. The lowest BCUT2D eigenvalue weighted by Gasteiger charge is -2.32. The van der Waals surface area contributed by atoms with Gasteiger partial charge in [0.05, 0.1) is 6.10 Å². The molecular formula is C24H34IN3O2S. The van der Waals surface area contributed by atoms with Crippen molar-refractivity contribution in [2.45, 2.75) is 31.6 Å². The van der Waals surface area contributed by atoms with Crippen molar-refractivity contribution in [3.63, 3.8) is 0 Å². The van der Waals surface area contributed by atoms with Gasteiger partial charge in [-0.05, 0) is 30.9 Å². The van der Waals surface area contributed by atoms with Gasteiger partial charge in [-0.1, -0.05) is 60.2 Å². The molecule has 5 nitrogen and oxygen atoms in total. The van der Waals surface area contributed by atoms with E-state index in [1.165, 1.54) is 11.1 Å². The van der Waals surface area contributed by atoms with E-state index < -0.39 is 10.8 Å². The normalized spacial score (nSPS) is 19.9. The number of hydrogen-bond donors (Lipinski definition) is 2. The number of halogens is 1. The molecule has 3 atom stereocenters. The monoisotopic (exact) mass is 555 g/mol. The van der Waals surface area contributed by atoms with E-state index in [1.807, 2.05) is 30.3 Å². The lowest BCUT2D eigenvalue weighted by atomic mass is 9.89. The van der Waals surface area contributed by atoms with Gasteiger partial charge in [0.2, 0.25) is 0 Å². The predicted molar refractivity (Wildman–Crippen MR) is 141 cm³/mol. The van der Waals surface area contributed by atoms with Gasteiger partial charge in [0.25, 0.3) is 0 Å². The van der Waals surface area contributed by atoms with Crippen LogP contribution >= 0.6 is 24.0 Å². The molecule has 0 spiro atoms. The van der Waals surface area contributed by atoms with Crippen LogP contribution in [-0.4, -0.2) is 42.7 Å².